The van der Waals surface area contributed by atoms with Gasteiger partial charge in [0, 0.05) is 6.07 Å². The van der Waals surface area contributed by atoms with Crippen LogP contribution in [0.1, 0.15) is 28.4 Å². The van der Waals surface area contributed by atoms with Crippen LogP contribution < -0.4 is 5.32 Å². The van der Waals surface area contributed by atoms with Gasteiger partial charge in [-0.15, -0.1) is 0 Å². The van der Waals surface area contributed by atoms with E-state index < -0.39 is 11.4 Å². The third-order valence-electron chi connectivity index (χ3n) is 3.64. The molecular weight excluding hydrogens is 396 g/mol. The number of nitriles is 1. The van der Waals surface area contributed by atoms with Crippen LogP contribution in [0.25, 0.3) is 0 Å². The summed E-state index contributed by atoms with van der Waals surface area (Å²) in [6.07, 6.45) is 0. The zero-order chi connectivity index (χ0) is 17.9. The van der Waals surface area contributed by atoms with E-state index in [9.17, 15) is 15.0 Å². The number of aromatic hydroxyl groups is 1. The number of amides is 1. The summed E-state index contributed by atoms with van der Waals surface area (Å²) in [4.78, 5) is 12.5. The molecule has 0 spiro atoms. The number of rotatable bonds is 4. The van der Waals surface area contributed by atoms with E-state index in [4.69, 9.17) is 16.9 Å². The Kier molecular flexibility index (Phi) is 5.50. The van der Waals surface area contributed by atoms with Crippen molar-refractivity contribution in [2.75, 3.05) is 6.61 Å². The monoisotopic (exact) mass is 408 g/mol. The first-order valence-corrected chi connectivity index (χ1v) is 8.10. The van der Waals surface area contributed by atoms with Gasteiger partial charge in [0.2, 0.25) is 0 Å². The number of benzene rings is 2. The fraction of sp³-hybridized carbons (Fsp3) is 0.176. The van der Waals surface area contributed by atoms with Crippen LogP contribution >= 0.6 is 27.5 Å². The second kappa shape index (κ2) is 7.22. The predicted molar refractivity (Wildman–Crippen MR) is 93.9 cm³/mol. The van der Waals surface area contributed by atoms with Crippen LogP contribution in [0.2, 0.25) is 5.02 Å². The highest BCUT2D eigenvalue weighted by Gasteiger charge is 2.29. The summed E-state index contributed by atoms with van der Waals surface area (Å²) in [6, 6.07) is 11.2. The van der Waals surface area contributed by atoms with Crippen LogP contribution in [0.3, 0.4) is 0 Å². The smallest absolute Gasteiger partial charge is 0.253 e. The Morgan fingerprint density at radius 2 is 2.00 bits per heavy atom. The first kappa shape index (κ1) is 18.3. The molecule has 5 nitrogen and oxygen atoms in total. The van der Waals surface area contributed by atoms with Crippen molar-refractivity contribution >= 4 is 33.4 Å². The summed E-state index contributed by atoms with van der Waals surface area (Å²) in [7, 11) is 0. The number of hydrogen-bond acceptors (Lipinski definition) is 4. The van der Waals surface area contributed by atoms with Crippen molar-refractivity contribution in [2.24, 2.45) is 0 Å². The molecule has 0 aliphatic heterocycles. The Hall–Kier alpha value is -2.07. The molecule has 124 valence electrons. The highest BCUT2D eigenvalue weighted by atomic mass is 79.9. The van der Waals surface area contributed by atoms with E-state index in [-0.39, 0.29) is 22.9 Å². The zero-order valence-corrected chi connectivity index (χ0v) is 15.0. The normalized spacial score (nSPS) is 13.0. The number of carbonyl (C=O) groups is 1. The Morgan fingerprint density at radius 3 is 2.54 bits per heavy atom. The van der Waals surface area contributed by atoms with Gasteiger partial charge in [-0.3, -0.25) is 4.79 Å². The van der Waals surface area contributed by atoms with Crippen LogP contribution in [0.5, 0.6) is 5.75 Å². The molecule has 0 saturated carbocycles. The molecule has 2 aromatic rings. The first-order chi connectivity index (χ1) is 11.3. The lowest BCUT2D eigenvalue weighted by Gasteiger charge is -2.29. The van der Waals surface area contributed by atoms with Crippen molar-refractivity contribution in [3.63, 3.8) is 0 Å². The van der Waals surface area contributed by atoms with E-state index in [0.717, 1.165) is 0 Å². The van der Waals surface area contributed by atoms with E-state index in [2.05, 4.69) is 21.2 Å². The fourth-order valence-electron chi connectivity index (χ4n) is 2.14. The molecule has 1 atom stereocenters. The number of phenols is 1. The zero-order valence-electron chi connectivity index (χ0n) is 12.7. The Bertz CT molecular complexity index is 818. The lowest BCUT2D eigenvalue weighted by Crippen LogP contribution is -2.46. The van der Waals surface area contributed by atoms with Crippen molar-refractivity contribution in [3.05, 3.63) is 62.6 Å². The van der Waals surface area contributed by atoms with E-state index in [1.807, 2.05) is 6.07 Å². The molecule has 7 heteroatoms. The van der Waals surface area contributed by atoms with Gasteiger partial charge in [0.1, 0.15) is 5.75 Å². The van der Waals surface area contributed by atoms with Gasteiger partial charge in [0.25, 0.3) is 5.91 Å². The maximum atomic E-state index is 12.5. The number of nitrogens with zero attached hydrogens (tertiary/aromatic N) is 1. The molecule has 0 unspecified atom stereocenters. The minimum atomic E-state index is -1.06. The molecule has 0 aromatic heterocycles. The van der Waals surface area contributed by atoms with Crippen LogP contribution in [-0.2, 0) is 5.54 Å². The Morgan fingerprint density at radius 1 is 1.38 bits per heavy atom. The average Bonchev–Trinajstić information content (AvgIpc) is 2.57. The molecule has 0 saturated heterocycles. The molecule has 3 N–H and O–H groups in total. The molecule has 0 radical (unpaired) electrons. The third-order valence-corrected chi connectivity index (χ3v) is 4.59. The molecule has 2 rings (SSSR count). The number of halogens is 2. The maximum absolute atomic E-state index is 12.5. The van der Waals surface area contributed by atoms with Crippen molar-refractivity contribution < 1.29 is 15.0 Å². The number of phenolic OH excluding ortho intramolecular Hbond substituents is 1. The van der Waals surface area contributed by atoms with Crippen LogP contribution in [0.15, 0.2) is 40.9 Å². The molecule has 0 heterocycles. The highest BCUT2D eigenvalue weighted by Crippen LogP contribution is 2.31. The first-order valence-electron chi connectivity index (χ1n) is 6.93. The summed E-state index contributed by atoms with van der Waals surface area (Å²) < 4.78 is 0.334. The summed E-state index contributed by atoms with van der Waals surface area (Å²) in [5.74, 6) is -0.574. The van der Waals surface area contributed by atoms with Crippen LogP contribution in [0.4, 0.5) is 0 Å². The molecule has 0 bridgehead atoms. The molecular formula is C17H14BrClN2O3. The molecule has 0 aliphatic carbocycles. The van der Waals surface area contributed by atoms with E-state index in [1.165, 1.54) is 12.1 Å². The van der Waals surface area contributed by atoms with Crippen molar-refractivity contribution in [1.82, 2.24) is 5.32 Å². The number of aliphatic hydroxyl groups excluding tert-OH is 1. The van der Waals surface area contributed by atoms with Gasteiger partial charge in [-0.25, -0.2) is 0 Å². The van der Waals surface area contributed by atoms with E-state index in [1.54, 1.807) is 31.2 Å². The molecule has 0 aliphatic rings. The van der Waals surface area contributed by atoms with Gasteiger partial charge in [-0.2, -0.15) is 5.26 Å². The van der Waals surface area contributed by atoms with Gasteiger partial charge in [0.15, 0.2) is 0 Å². The Labute approximate surface area is 152 Å². The number of carbonyl (C=O) groups excluding carboxylic acids is 1. The molecule has 1 amide bonds. The summed E-state index contributed by atoms with van der Waals surface area (Å²) in [5, 5.41) is 31.0. The van der Waals surface area contributed by atoms with Crippen molar-refractivity contribution in [2.45, 2.75) is 12.5 Å². The predicted octanol–water partition coefficient (Wildman–Crippen LogP) is 3.32. The minimum Gasteiger partial charge on any atom is -0.507 e. The summed E-state index contributed by atoms with van der Waals surface area (Å²) in [5.41, 5.74) is 0.232. The lowest BCUT2D eigenvalue weighted by atomic mass is 9.91. The lowest BCUT2D eigenvalue weighted by molar-refractivity contribution is 0.0849. The molecule has 0 fully saturated rings. The second-order valence-electron chi connectivity index (χ2n) is 5.42. The molecule has 24 heavy (non-hydrogen) atoms. The van der Waals surface area contributed by atoms with Gasteiger partial charge >= 0.3 is 0 Å². The van der Waals surface area contributed by atoms with Gasteiger partial charge in [-0.1, -0.05) is 23.7 Å². The minimum absolute atomic E-state index is 0.0754. The number of aliphatic hydroxyl groups is 1. The van der Waals surface area contributed by atoms with Crippen molar-refractivity contribution in [3.8, 4) is 11.8 Å². The SMILES string of the molecule is C[C@@](CO)(NC(=O)c1cc(Br)c(O)cc1Cl)c1ccc(C#N)cc1. The molecule has 2 aromatic carbocycles. The summed E-state index contributed by atoms with van der Waals surface area (Å²) in [6.45, 7) is 1.32. The Balaban J connectivity index is 2.33. The fourth-order valence-corrected chi connectivity index (χ4v) is 2.73. The van der Waals surface area contributed by atoms with Gasteiger partial charge < -0.3 is 15.5 Å². The van der Waals surface area contributed by atoms with E-state index in [0.29, 0.717) is 15.6 Å². The topological polar surface area (TPSA) is 93.3 Å². The maximum Gasteiger partial charge on any atom is 0.253 e. The largest absolute Gasteiger partial charge is 0.507 e. The van der Waals surface area contributed by atoms with Crippen LogP contribution in [0, 0.1) is 11.3 Å². The van der Waals surface area contributed by atoms with Gasteiger partial charge in [-0.05, 0) is 46.6 Å². The highest BCUT2D eigenvalue weighted by molar-refractivity contribution is 9.10. The third kappa shape index (κ3) is 3.70. The van der Waals surface area contributed by atoms with Crippen LogP contribution in [-0.4, -0.2) is 22.7 Å². The standard InChI is InChI=1S/C17H14BrClN2O3/c1-17(9-22,11-4-2-10(8-20)3-5-11)21-16(24)12-6-13(18)15(23)7-14(12)19/h2-7,22-23H,9H2,1H3,(H,21,24)/t17-/m0/s1. The van der Waals surface area contributed by atoms with Gasteiger partial charge in [0.05, 0.1) is 38.8 Å². The average molecular weight is 410 g/mol. The number of nitrogens with one attached hydrogen (secondary N) is 1. The van der Waals surface area contributed by atoms with E-state index >= 15 is 0 Å². The van der Waals surface area contributed by atoms with Crippen molar-refractivity contribution in [1.29, 1.82) is 5.26 Å². The second-order valence-corrected chi connectivity index (χ2v) is 6.68. The summed E-state index contributed by atoms with van der Waals surface area (Å²) >= 11 is 9.15. The quantitative estimate of drug-likeness (QED) is 0.722. The number of hydrogen-bond donors (Lipinski definition) is 3.